The summed E-state index contributed by atoms with van der Waals surface area (Å²) in [6.45, 7) is 0. The minimum atomic E-state index is -0.490. The van der Waals surface area contributed by atoms with Crippen molar-refractivity contribution < 1.29 is 9.59 Å². The smallest absolute Gasteiger partial charge is 0.241 e. The van der Waals surface area contributed by atoms with E-state index in [1.165, 1.54) is 4.90 Å². The summed E-state index contributed by atoms with van der Waals surface area (Å²) < 4.78 is 0. The van der Waals surface area contributed by atoms with Gasteiger partial charge in [-0.05, 0) is 25.0 Å². The number of hydrogen-bond donors (Lipinski definition) is 0. The van der Waals surface area contributed by atoms with Crippen LogP contribution in [0.15, 0.2) is 18.3 Å². The zero-order valence-electron chi connectivity index (χ0n) is 10.6. The van der Waals surface area contributed by atoms with Gasteiger partial charge in [0.1, 0.15) is 0 Å². The minimum absolute atomic E-state index is 0.113. The van der Waals surface area contributed by atoms with Crippen LogP contribution in [0.25, 0.3) is 0 Å². The lowest BCUT2D eigenvalue weighted by Gasteiger charge is -2.30. The van der Waals surface area contributed by atoms with Gasteiger partial charge in [0.25, 0.3) is 0 Å². The van der Waals surface area contributed by atoms with Crippen molar-refractivity contribution >= 4 is 29.2 Å². The summed E-state index contributed by atoms with van der Waals surface area (Å²) >= 11 is 6.05. The SMILES string of the molecule is O=C1CC2(CCCCC2)C(=O)N1c1ncccc1Cl. The molecule has 0 aromatic carbocycles. The van der Waals surface area contributed by atoms with Gasteiger partial charge >= 0.3 is 0 Å². The molecule has 2 amide bonds. The average molecular weight is 279 g/mol. The predicted molar refractivity (Wildman–Crippen MR) is 71.9 cm³/mol. The maximum absolute atomic E-state index is 12.7. The number of pyridine rings is 1. The standard InChI is InChI=1S/C14H15ClN2O2/c15-10-5-4-8-16-12(10)17-11(18)9-14(13(17)19)6-2-1-3-7-14/h4-5,8H,1-3,6-7,9H2. The van der Waals surface area contributed by atoms with Gasteiger partial charge in [-0.1, -0.05) is 30.9 Å². The molecule has 2 fully saturated rings. The Morgan fingerprint density at radius 2 is 1.95 bits per heavy atom. The molecule has 100 valence electrons. The largest absolute Gasteiger partial charge is 0.274 e. The minimum Gasteiger partial charge on any atom is -0.274 e. The van der Waals surface area contributed by atoms with Crippen LogP contribution < -0.4 is 4.90 Å². The Hall–Kier alpha value is -1.42. The highest BCUT2D eigenvalue weighted by atomic mass is 35.5. The van der Waals surface area contributed by atoms with Gasteiger partial charge in [0.05, 0.1) is 10.4 Å². The Balaban J connectivity index is 1.98. The number of carbonyl (C=O) groups excluding carboxylic acids is 2. The number of rotatable bonds is 1. The molecule has 1 saturated carbocycles. The van der Waals surface area contributed by atoms with Crippen LogP contribution in [0.1, 0.15) is 38.5 Å². The number of aromatic nitrogens is 1. The summed E-state index contributed by atoms with van der Waals surface area (Å²) in [5.41, 5.74) is -0.490. The predicted octanol–water partition coefficient (Wildman–Crippen LogP) is 2.95. The number of imide groups is 1. The molecule has 0 unspecified atom stereocenters. The third-order valence-corrected chi connectivity index (χ3v) is 4.45. The van der Waals surface area contributed by atoms with Crippen molar-refractivity contribution in [1.29, 1.82) is 0 Å². The van der Waals surface area contributed by atoms with E-state index in [-0.39, 0.29) is 17.6 Å². The molecule has 0 bridgehead atoms. The monoisotopic (exact) mass is 278 g/mol. The van der Waals surface area contributed by atoms with Crippen LogP contribution in [-0.2, 0) is 9.59 Å². The second kappa shape index (κ2) is 4.60. The molecule has 1 aromatic heterocycles. The molecule has 1 spiro atoms. The summed E-state index contributed by atoms with van der Waals surface area (Å²) in [5.74, 6) is -0.00749. The highest BCUT2D eigenvalue weighted by molar-refractivity contribution is 6.35. The first kappa shape index (κ1) is 12.6. The maximum Gasteiger partial charge on any atom is 0.241 e. The molecule has 2 aliphatic rings. The first-order chi connectivity index (χ1) is 9.14. The van der Waals surface area contributed by atoms with Crippen LogP contribution in [0.3, 0.4) is 0 Å². The molecule has 1 aliphatic heterocycles. The van der Waals surface area contributed by atoms with Gasteiger partial charge in [-0.15, -0.1) is 0 Å². The fourth-order valence-electron chi connectivity index (χ4n) is 3.17. The first-order valence-electron chi connectivity index (χ1n) is 6.62. The number of hydrogen-bond acceptors (Lipinski definition) is 3. The average Bonchev–Trinajstić information content (AvgIpc) is 2.63. The van der Waals surface area contributed by atoms with Crippen molar-refractivity contribution in [2.75, 3.05) is 4.90 Å². The van der Waals surface area contributed by atoms with E-state index in [0.717, 1.165) is 32.1 Å². The quantitative estimate of drug-likeness (QED) is 0.742. The Morgan fingerprint density at radius 1 is 1.21 bits per heavy atom. The highest BCUT2D eigenvalue weighted by Gasteiger charge is 2.52. The van der Waals surface area contributed by atoms with E-state index in [2.05, 4.69) is 4.98 Å². The molecule has 4 nitrogen and oxygen atoms in total. The van der Waals surface area contributed by atoms with E-state index in [1.54, 1.807) is 18.3 Å². The van der Waals surface area contributed by atoms with E-state index >= 15 is 0 Å². The second-order valence-electron chi connectivity index (χ2n) is 5.36. The van der Waals surface area contributed by atoms with E-state index in [9.17, 15) is 9.59 Å². The lowest BCUT2D eigenvalue weighted by molar-refractivity contribution is -0.127. The molecule has 1 saturated heterocycles. The van der Waals surface area contributed by atoms with Crippen molar-refractivity contribution in [3.8, 4) is 0 Å². The topological polar surface area (TPSA) is 50.3 Å². The van der Waals surface area contributed by atoms with Gasteiger partial charge in [-0.3, -0.25) is 9.59 Å². The normalized spacial score (nSPS) is 22.3. The fraction of sp³-hybridized carbons (Fsp3) is 0.500. The molecule has 1 aromatic rings. The van der Waals surface area contributed by atoms with Crippen molar-refractivity contribution in [3.63, 3.8) is 0 Å². The van der Waals surface area contributed by atoms with Crippen LogP contribution in [0.2, 0.25) is 5.02 Å². The Bertz CT molecular complexity index is 538. The molecule has 2 heterocycles. The molecule has 19 heavy (non-hydrogen) atoms. The van der Waals surface area contributed by atoms with Crippen molar-refractivity contribution in [2.24, 2.45) is 5.41 Å². The van der Waals surface area contributed by atoms with Gasteiger partial charge in [-0.2, -0.15) is 0 Å². The summed E-state index contributed by atoms with van der Waals surface area (Å²) in [6, 6.07) is 3.34. The van der Waals surface area contributed by atoms with Crippen LogP contribution in [-0.4, -0.2) is 16.8 Å². The molecule has 0 atom stereocenters. The number of amides is 2. The molecule has 3 rings (SSSR count). The van der Waals surface area contributed by atoms with Crippen LogP contribution >= 0.6 is 11.6 Å². The van der Waals surface area contributed by atoms with E-state index < -0.39 is 5.41 Å². The summed E-state index contributed by atoms with van der Waals surface area (Å²) in [5, 5.41) is 0.344. The van der Waals surface area contributed by atoms with Crippen LogP contribution in [0, 0.1) is 5.41 Å². The third-order valence-electron chi connectivity index (χ3n) is 4.16. The summed E-state index contributed by atoms with van der Waals surface area (Å²) in [4.78, 5) is 30.1. The molecular formula is C14H15ClN2O2. The number of anilines is 1. The molecule has 1 aliphatic carbocycles. The van der Waals surface area contributed by atoms with Crippen molar-refractivity contribution in [2.45, 2.75) is 38.5 Å². The van der Waals surface area contributed by atoms with Crippen LogP contribution in [0.5, 0.6) is 0 Å². The summed E-state index contributed by atoms with van der Waals surface area (Å²) in [6.07, 6.45) is 6.64. The van der Waals surface area contributed by atoms with Gasteiger partial charge in [0.15, 0.2) is 5.82 Å². The third kappa shape index (κ3) is 1.94. The molecule has 0 N–H and O–H groups in total. The van der Waals surface area contributed by atoms with Gasteiger partial charge in [0, 0.05) is 12.6 Å². The van der Waals surface area contributed by atoms with Crippen LogP contribution in [0.4, 0.5) is 5.82 Å². The Morgan fingerprint density at radius 3 is 2.63 bits per heavy atom. The highest BCUT2D eigenvalue weighted by Crippen LogP contribution is 2.46. The zero-order valence-corrected chi connectivity index (χ0v) is 11.3. The lowest BCUT2D eigenvalue weighted by Crippen LogP contribution is -2.37. The molecule has 0 radical (unpaired) electrons. The van der Waals surface area contributed by atoms with E-state index in [0.29, 0.717) is 11.4 Å². The fourth-order valence-corrected chi connectivity index (χ4v) is 3.38. The molecule has 5 heteroatoms. The van der Waals surface area contributed by atoms with Gasteiger partial charge in [-0.25, -0.2) is 9.88 Å². The maximum atomic E-state index is 12.7. The number of halogens is 1. The van der Waals surface area contributed by atoms with E-state index in [4.69, 9.17) is 11.6 Å². The molecular weight excluding hydrogens is 264 g/mol. The number of nitrogens with zero attached hydrogens (tertiary/aromatic N) is 2. The Labute approximate surface area is 116 Å². The number of carbonyl (C=O) groups is 2. The Kier molecular flexibility index (Phi) is 3.05. The van der Waals surface area contributed by atoms with E-state index in [1.807, 2.05) is 0 Å². The van der Waals surface area contributed by atoms with Crippen molar-refractivity contribution in [3.05, 3.63) is 23.4 Å². The first-order valence-corrected chi connectivity index (χ1v) is 7.00. The lowest BCUT2D eigenvalue weighted by atomic mass is 9.73. The van der Waals surface area contributed by atoms with Gasteiger partial charge in [0.2, 0.25) is 11.8 Å². The zero-order chi connectivity index (χ0) is 13.5. The second-order valence-corrected chi connectivity index (χ2v) is 5.77. The summed E-state index contributed by atoms with van der Waals surface area (Å²) in [7, 11) is 0. The van der Waals surface area contributed by atoms with Crippen molar-refractivity contribution in [1.82, 2.24) is 4.98 Å². The van der Waals surface area contributed by atoms with Gasteiger partial charge < -0.3 is 0 Å².